The van der Waals surface area contributed by atoms with Crippen LogP contribution in [0.4, 0.5) is 17.6 Å². The van der Waals surface area contributed by atoms with Crippen molar-refractivity contribution in [1.82, 2.24) is 9.03 Å². The van der Waals surface area contributed by atoms with E-state index in [4.69, 9.17) is 4.74 Å². The van der Waals surface area contributed by atoms with Crippen LogP contribution >= 0.6 is 0 Å². The third kappa shape index (κ3) is 6.46. The lowest BCUT2D eigenvalue weighted by atomic mass is 9.99. The molecule has 2 aromatic carbocycles. The Morgan fingerprint density at radius 1 is 1.05 bits per heavy atom. The summed E-state index contributed by atoms with van der Waals surface area (Å²) in [6.07, 6.45) is -1.79. The van der Waals surface area contributed by atoms with E-state index in [-0.39, 0.29) is 37.3 Å². The van der Waals surface area contributed by atoms with Crippen molar-refractivity contribution in [2.75, 3.05) is 26.0 Å². The molecule has 0 unspecified atom stereocenters. The zero-order chi connectivity index (χ0) is 27.9. The quantitative estimate of drug-likeness (QED) is 0.476. The van der Waals surface area contributed by atoms with Gasteiger partial charge in [-0.15, -0.1) is 0 Å². The van der Waals surface area contributed by atoms with E-state index >= 15 is 0 Å². The zero-order valence-electron chi connectivity index (χ0n) is 20.3. The van der Waals surface area contributed by atoms with Gasteiger partial charge in [-0.05, 0) is 61.3 Å². The monoisotopic (exact) mass is 578 g/mol. The molecule has 1 aliphatic carbocycles. The average molecular weight is 579 g/mol. The summed E-state index contributed by atoms with van der Waals surface area (Å²) in [4.78, 5) is 11.4. The number of alkyl halides is 3. The first-order valence-electron chi connectivity index (χ1n) is 11.8. The lowest BCUT2D eigenvalue weighted by Gasteiger charge is -2.31. The molecule has 0 aromatic heterocycles. The van der Waals surface area contributed by atoms with Gasteiger partial charge in [-0.2, -0.15) is 17.5 Å². The highest BCUT2D eigenvalue weighted by atomic mass is 32.2. The van der Waals surface area contributed by atoms with Crippen molar-refractivity contribution >= 4 is 26.0 Å². The molecule has 208 valence electrons. The minimum Gasteiger partial charge on any atom is -0.493 e. The number of benzene rings is 2. The fourth-order valence-corrected chi connectivity index (χ4v) is 6.52. The maximum Gasteiger partial charge on any atom is 0.417 e. The number of hydrogen-bond acceptors (Lipinski definition) is 6. The lowest BCUT2D eigenvalue weighted by molar-refractivity contribution is -0.139. The summed E-state index contributed by atoms with van der Waals surface area (Å²) >= 11 is 0. The highest BCUT2D eigenvalue weighted by molar-refractivity contribution is 7.89. The van der Waals surface area contributed by atoms with Gasteiger partial charge in [0.25, 0.3) is 5.91 Å². The fourth-order valence-electron chi connectivity index (χ4n) is 4.40. The van der Waals surface area contributed by atoms with Crippen molar-refractivity contribution in [3.8, 4) is 5.75 Å². The summed E-state index contributed by atoms with van der Waals surface area (Å²) in [5, 5.41) is 0. The number of piperidine rings is 1. The number of carbonyl (C=O) groups excluding carboxylic acids is 1. The number of amides is 1. The van der Waals surface area contributed by atoms with Gasteiger partial charge in [0.05, 0.1) is 28.9 Å². The van der Waals surface area contributed by atoms with Crippen molar-refractivity contribution in [2.24, 2.45) is 5.92 Å². The van der Waals surface area contributed by atoms with Gasteiger partial charge in [-0.1, -0.05) is 12.1 Å². The summed E-state index contributed by atoms with van der Waals surface area (Å²) in [5.74, 6) is -1.91. The molecule has 14 heteroatoms. The SMILES string of the molecule is CS(=O)(=O)NC(=O)c1cc(C2CC2)c(OCC2CCN(S(=O)(=O)c3ccccc3C(F)(F)F)CC2)cc1F. The second-order valence-corrected chi connectivity index (χ2v) is 13.2. The lowest BCUT2D eigenvalue weighted by Crippen LogP contribution is -2.40. The Morgan fingerprint density at radius 2 is 1.68 bits per heavy atom. The number of ether oxygens (including phenoxy) is 1. The van der Waals surface area contributed by atoms with E-state index in [1.165, 1.54) is 12.1 Å². The predicted molar refractivity (Wildman–Crippen MR) is 129 cm³/mol. The van der Waals surface area contributed by atoms with Crippen LogP contribution in [0, 0.1) is 11.7 Å². The summed E-state index contributed by atoms with van der Waals surface area (Å²) in [6, 6.07) is 6.39. The third-order valence-electron chi connectivity index (χ3n) is 6.50. The molecule has 2 aliphatic rings. The number of carbonyl (C=O) groups is 1. The van der Waals surface area contributed by atoms with Gasteiger partial charge in [0.15, 0.2) is 0 Å². The highest BCUT2D eigenvalue weighted by Crippen LogP contribution is 2.45. The van der Waals surface area contributed by atoms with Gasteiger partial charge < -0.3 is 4.74 Å². The van der Waals surface area contributed by atoms with E-state index in [0.29, 0.717) is 18.4 Å². The molecule has 1 amide bonds. The molecule has 1 aliphatic heterocycles. The molecule has 2 aromatic rings. The van der Waals surface area contributed by atoms with Crippen LogP contribution in [-0.2, 0) is 26.2 Å². The van der Waals surface area contributed by atoms with E-state index in [1.807, 2.05) is 0 Å². The van der Waals surface area contributed by atoms with Crippen molar-refractivity contribution in [3.63, 3.8) is 0 Å². The molecule has 4 rings (SSSR count). The topological polar surface area (TPSA) is 110 Å². The minimum absolute atomic E-state index is 0.00298. The first kappa shape index (κ1) is 28.3. The van der Waals surface area contributed by atoms with E-state index in [0.717, 1.165) is 47.7 Å². The standard InChI is InChI=1S/C24H26F4N2O6S2/c1-37(32,33)29-23(31)18-12-17(16-6-7-16)21(13-20(18)25)36-14-15-8-10-30(11-9-15)38(34,35)22-5-3-2-4-19(22)24(26,27)28/h2-5,12-13,15-16H,6-11,14H2,1H3,(H,29,31). The second-order valence-electron chi connectivity index (χ2n) is 9.50. The first-order chi connectivity index (χ1) is 17.7. The maximum absolute atomic E-state index is 14.7. The Hall–Kier alpha value is -2.71. The Morgan fingerprint density at radius 3 is 2.26 bits per heavy atom. The van der Waals surface area contributed by atoms with Gasteiger partial charge in [-0.25, -0.2) is 25.9 Å². The predicted octanol–water partition coefficient (Wildman–Crippen LogP) is 3.89. The van der Waals surface area contributed by atoms with Crippen LogP contribution in [0.2, 0.25) is 0 Å². The van der Waals surface area contributed by atoms with Crippen molar-refractivity contribution in [2.45, 2.75) is 42.7 Å². The van der Waals surface area contributed by atoms with Crippen LogP contribution in [0.15, 0.2) is 41.3 Å². The molecule has 1 saturated heterocycles. The van der Waals surface area contributed by atoms with Gasteiger partial charge in [-0.3, -0.25) is 4.79 Å². The molecule has 8 nitrogen and oxygen atoms in total. The van der Waals surface area contributed by atoms with Gasteiger partial charge in [0, 0.05) is 19.2 Å². The maximum atomic E-state index is 14.7. The van der Waals surface area contributed by atoms with E-state index in [2.05, 4.69) is 0 Å². The van der Waals surface area contributed by atoms with Crippen LogP contribution in [0.3, 0.4) is 0 Å². The molecule has 1 N–H and O–H groups in total. The van der Waals surface area contributed by atoms with Crippen LogP contribution in [0.25, 0.3) is 0 Å². The van der Waals surface area contributed by atoms with E-state index < -0.39 is 54.0 Å². The average Bonchev–Trinajstić information content (AvgIpc) is 3.67. The molecular weight excluding hydrogens is 552 g/mol. The molecular formula is C24H26F4N2O6S2. The highest BCUT2D eigenvalue weighted by Gasteiger charge is 2.40. The van der Waals surface area contributed by atoms with Gasteiger partial charge in [0.2, 0.25) is 20.0 Å². The summed E-state index contributed by atoms with van der Waals surface area (Å²) in [5.41, 5.74) is -1.05. The summed E-state index contributed by atoms with van der Waals surface area (Å²) in [6.45, 7) is 0.106. The number of hydrogen-bond donors (Lipinski definition) is 1. The normalized spacial score (nSPS) is 17.8. The molecule has 1 heterocycles. The zero-order valence-corrected chi connectivity index (χ0v) is 21.9. The summed E-state index contributed by atoms with van der Waals surface area (Å²) < 4.78 is 112. The number of sulfonamides is 2. The minimum atomic E-state index is -4.81. The van der Waals surface area contributed by atoms with E-state index in [9.17, 15) is 39.2 Å². The molecule has 0 bridgehead atoms. The largest absolute Gasteiger partial charge is 0.493 e. The van der Waals surface area contributed by atoms with Gasteiger partial charge in [0.1, 0.15) is 11.6 Å². The second kappa shape index (κ2) is 10.5. The Balaban J connectivity index is 1.43. The number of halogens is 4. The van der Waals surface area contributed by atoms with Gasteiger partial charge >= 0.3 is 6.18 Å². The first-order valence-corrected chi connectivity index (χ1v) is 15.1. The smallest absolute Gasteiger partial charge is 0.417 e. The molecule has 0 radical (unpaired) electrons. The molecule has 2 fully saturated rings. The van der Waals surface area contributed by atoms with Crippen LogP contribution in [-0.4, -0.2) is 53.0 Å². The molecule has 0 atom stereocenters. The fraction of sp³-hybridized carbons (Fsp3) is 0.458. The van der Waals surface area contributed by atoms with Crippen molar-refractivity contribution in [3.05, 3.63) is 58.9 Å². The van der Waals surface area contributed by atoms with Crippen LogP contribution in [0.1, 0.15) is 53.1 Å². The number of nitrogens with one attached hydrogen (secondary N) is 1. The van der Waals surface area contributed by atoms with Crippen LogP contribution in [0.5, 0.6) is 5.75 Å². The molecule has 38 heavy (non-hydrogen) atoms. The molecule has 0 spiro atoms. The van der Waals surface area contributed by atoms with E-state index in [1.54, 1.807) is 4.72 Å². The third-order valence-corrected chi connectivity index (χ3v) is 9.01. The van der Waals surface area contributed by atoms with Crippen LogP contribution < -0.4 is 9.46 Å². The number of rotatable bonds is 8. The van der Waals surface area contributed by atoms with Crippen molar-refractivity contribution in [1.29, 1.82) is 0 Å². The molecule has 1 saturated carbocycles. The number of nitrogens with zero attached hydrogens (tertiary/aromatic N) is 1. The Bertz CT molecular complexity index is 1430. The van der Waals surface area contributed by atoms with Crippen molar-refractivity contribution < 1.29 is 43.9 Å². The Kier molecular flexibility index (Phi) is 7.79. The Labute approximate surface area is 218 Å². The summed E-state index contributed by atoms with van der Waals surface area (Å²) in [7, 11) is -8.25.